The van der Waals surface area contributed by atoms with Crippen molar-refractivity contribution in [3.05, 3.63) is 48.2 Å². The molecule has 0 aliphatic rings. The minimum atomic E-state index is -4.38. The summed E-state index contributed by atoms with van der Waals surface area (Å²) in [6, 6.07) is 5.64. The van der Waals surface area contributed by atoms with Crippen molar-refractivity contribution in [1.29, 1.82) is 0 Å². The molecule has 0 radical (unpaired) electrons. The highest BCUT2D eigenvalue weighted by atomic mass is 19.4. The van der Waals surface area contributed by atoms with E-state index in [1.165, 1.54) is 18.3 Å². The number of hydrogen-bond acceptors (Lipinski definition) is 1. The van der Waals surface area contributed by atoms with Gasteiger partial charge in [-0.15, -0.1) is 0 Å². The molecule has 1 nitrogen and oxygen atoms in total. The van der Waals surface area contributed by atoms with Crippen LogP contribution >= 0.6 is 0 Å². The predicted octanol–water partition coefficient (Wildman–Crippen LogP) is 3.90. The molecule has 0 saturated carbocycles. The highest BCUT2D eigenvalue weighted by molar-refractivity contribution is 5.89. The smallest absolute Gasteiger partial charge is 0.256 e. The quantitative estimate of drug-likeness (QED) is 0.714. The monoisotopic (exact) mass is 223 g/mol. The Bertz CT molecular complexity index is 543. The van der Waals surface area contributed by atoms with Gasteiger partial charge in [-0.1, -0.05) is 24.8 Å². The Hall–Kier alpha value is -1.84. The molecule has 1 aromatic carbocycles. The zero-order chi connectivity index (χ0) is 11.8. The van der Waals surface area contributed by atoms with Crippen molar-refractivity contribution in [2.75, 3.05) is 0 Å². The van der Waals surface area contributed by atoms with Crippen LogP contribution in [0.25, 0.3) is 17.0 Å². The number of aromatic nitrogens is 1. The van der Waals surface area contributed by atoms with E-state index in [0.717, 1.165) is 6.07 Å². The second-order valence-corrected chi connectivity index (χ2v) is 3.30. The first-order chi connectivity index (χ1) is 7.54. The number of pyridine rings is 1. The van der Waals surface area contributed by atoms with Gasteiger partial charge in [0, 0.05) is 11.6 Å². The number of alkyl halides is 3. The predicted molar refractivity (Wildman–Crippen MR) is 56.8 cm³/mol. The minimum Gasteiger partial charge on any atom is -0.256 e. The number of halogens is 3. The maximum Gasteiger partial charge on any atom is 0.418 e. The van der Waals surface area contributed by atoms with Crippen LogP contribution in [-0.4, -0.2) is 4.98 Å². The average molecular weight is 223 g/mol. The molecular weight excluding hydrogens is 215 g/mol. The Labute approximate surface area is 90.2 Å². The summed E-state index contributed by atoms with van der Waals surface area (Å²) < 4.78 is 38.1. The van der Waals surface area contributed by atoms with Gasteiger partial charge >= 0.3 is 6.18 Å². The Morgan fingerprint density at radius 3 is 2.56 bits per heavy atom. The molecule has 0 aliphatic heterocycles. The van der Waals surface area contributed by atoms with E-state index in [9.17, 15) is 13.2 Å². The molecule has 0 saturated heterocycles. The number of fused-ring (bicyclic) bond motifs is 1. The molecule has 4 heteroatoms. The maximum absolute atomic E-state index is 12.7. The molecule has 1 heterocycles. The molecule has 1 aromatic heterocycles. The summed E-state index contributed by atoms with van der Waals surface area (Å²) in [6.45, 7) is 3.56. The molecule has 2 aromatic rings. The van der Waals surface area contributed by atoms with Gasteiger partial charge < -0.3 is 0 Å². The molecule has 2 rings (SSSR count). The third kappa shape index (κ3) is 1.66. The lowest BCUT2D eigenvalue weighted by Gasteiger charge is -2.10. The van der Waals surface area contributed by atoms with Crippen LogP contribution in [0.1, 0.15) is 11.1 Å². The van der Waals surface area contributed by atoms with Crippen molar-refractivity contribution in [3.8, 4) is 0 Å². The third-order valence-corrected chi connectivity index (χ3v) is 2.33. The SMILES string of the molecule is C=Cc1ccnc2c(C(F)(F)F)cccc12. The van der Waals surface area contributed by atoms with E-state index in [4.69, 9.17) is 0 Å². The van der Waals surface area contributed by atoms with Gasteiger partial charge in [0.05, 0.1) is 11.1 Å². The average Bonchev–Trinajstić information content (AvgIpc) is 2.26. The molecular formula is C12H8F3N. The fourth-order valence-corrected chi connectivity index (χ4v) is 1.60. The van der Waals surface area contributed by atoms with E-state index in [1.54, 1.807) is 12.1 Å². The molecule has 0 spiro atoms. The van der Waals surface area contributed by atoms with Gasteiger partial charge in [-0.25, -0.2) is 0 Å². The van der Waals surface area contributed by atoms with Crippen molar-refractivity contribution < 1.29 is 13.2 Å². The van der Waals surface area contributed by atoms with Crippen molar-refractivity contribution in [3.63, 3.8) is 0 Å². The van der Waals surface area contributed by atoms with Gasteiger partial charge in [-0.05, 0) is 17.7 Å². The van der Waals surface area contributed by atoms with Crippen LogP contribution < -0.4 is 0 Å². The standard InChI is InChI=1S/C12H8F3N/c1-2-8-6-7-16-11-9(8)4-3-5-10(11)12(13,14)15/h2-7H,1H2. The summed E-state index contributed by atoms with van der Waals surface area (Å²) in [5, 5.41) is 0.465. The van der Waals surface area contributed by atoms with E-state index < -0.39 is 11.7 Å². The first-order valence-corrected chi connectivity index (χ1v) is 4.61. The normalized spacial score (nSPS) is 11.7. The molecule has 16 heavy (non-hydrogen) atoms. The molecule has 0 fully saturated rings. The Morgan fingerprint density at radius 2 is 1.94 bits per heavy atom. The minimum absolute atomic E-state index is 0.0348. The second-order valence-electron chi connectivity index (χ2n) is 3.30. The first-order valence-electron chi connectivity index (χ1n) is 4.61. The molecule has 82 valence electrons. The van der Waals surface area contributed by atoms with Crippen LogP contribution in [0.5, 0.6) is 0 Å². The number of nitrogens with zero attached hydrogens (tertiary/aromatic N) is 1. The zero-order valence-corrected chi connectivity index (χ0v) is 8.25. The Kier molecular flexibility index (Phi) is 2.42. The van der Waals surface area contributed by atoms with Crippen molar-refractivity contribution >= 4 is 17.0 Å². The van der Waals surface area contributed by atoms with E-state index in [0.29, 0.717) is 10.9 Å². The highest BCUT2D eigenvalue weighted by Crippen LogP contribution is 2.34. The maximum atomic E-state index is 12.7. The topological polar surface area (TPSA) is 12.9 Å². The van der Waals surface area contributed by atoms with Crippen molar-refractivity contribution in [1.82, 2.24) is 4.98 Å². The largest absolute Gasteiger partial charge is 0.418 e. The van der Waals surface area contributed by atoms with Gasteiger partial charge in [0.2, 0.25) is 0 Å². The lowest BCUT2D eigenvalue weighted by molar-refractivity contribution is -0.136. The van der Waals surface area contributed by atoms with E-state index >= 15 is 0 Å². The number of benzene rings is 1. The van der Waals surface area contributed by atoms with E-state index in [2.05, 4.69) is 11.6 Å². The molecule has 0 N–H and O–H groups in total. The second kappa shape index (κ2) is 3.63. The fraction of sp³-hybridized carbons (Fsp3) is 0.0833. The summed E-state index contributed by atoms with van der Waals surface area (Å²) in [6.07, 6.45) is -1.51. The van der Waals surface area contributed by atoms with Crippen LogP contribution in [0.4, 0.5) is 13.2 Å². The number of para-hydroxylation sites is 1. The molecule has 0 amide bonds. The summed E-state index contributed by atoms with van der Waals surface area (Å²) in [5.41, 5.74) is -0.0998. The van der Waals surface area contributed by atoms with E-state index in [-0.39, 0.29) is 5.52 Å². The fourth-order valence-electron chi connectivity index (χ4n) is 1.60. The summed E-state index contributed by atoms with van der Waals surface area (Å²) in [4.78, 5) is 3.79. The first kappa shape index (κ1) is 10.7. The van der Waals surface area contributed by atoms with Gasteiger partial charge in [0.1, 0.15) is 0 Å². The van der Waals surface area contributed by atoms with Crippen molar-refractivity contribution in [2.24, 2.45) is 0 Å². The molecule has 0 bridgehead atoms. The van der Waals surface area contributed by atoms with Crippen LogP contribution in [-0.2, 0) is 6.18 Å². The lowest BCUT2D eigenvalue weighted by Crippen LogP contribution is -2.06. The molecule has 0 atom stereocenters. The summed E-state index contributed by atoms with van der Waals surface area (Å²) >= 11 is 0. The van der Waals surface area contributed by atoms with Crippen LogP contribution in [0.15, 0.2) is 37.0 Å². The van der Waals surface area contributed by atoms with Gasteiger partial charge in [0.15, 0.2) is 0 Å². The van der Waals surface area contributed by atoms with E-state index in [1.807, 2.05) is 0 Å². The van der Waals surface area contributed by atoms with Crippen LogP contribution in [0, 0.1) is 0 Å². The molecule has 0 aliphatic carbocycles. The summed E-state index contributed by atoms with van der Waals surface area (Å²) in [5.74, 6) is 0. The van der Waals surface area contributed by atoms with Gasteiger partial charge in [-0.2, -0.15) is 13.2 Å². The Morgan fingerprint density at radius 1 is 1.19 bits per heavy atom. The molecule has 0 unspecified atom stereocenters. The van der Waals surface area contributed by atoms with Crippen molar-refractivity contribution in [2.45, 2.75) is 6.18 Å². The zero-order valence-electron chi connectivity index (χ0n) is 8.25. The van der Waals surface area contributed by atoms with Gasteiger partial charge in [-0.3, -0.25) is 4.98 Å². The van der Waals surface area contributed by atoms with Gasteiger partial charge in [0.25, 0.3) is 0 Å². The lowest BCUT2D eigenvalue weighted by atomic mass is 10.1. The summed E-state index contributed by atoms with van der Waals surface area (Å²) in [7, 11) is 0. The number of rotatable bonds is 1. The number of hydrogen-bond donors (Lipinski definition) is 0. The van der Waals surface area contributed by atoms with Crippen LogP contribution in [0.3, 0.4) is 0 Å². The highest BCUT2D eigenvalue weighted by Gasteiger charge is 2.33. The van der Waals surface area contributed by atoms with Crippen LogP contribution in [0.2, 0.25) is 0 Å². The Balaban J connectivity index is 2.84. The third-order valence-electron chi connectivity index (χ3n) is 2.33.